The molecule has 0 fully saturated rings. The van der Waals surface area contributed by atoms with Crippen LogP contribution in [0.15, 0.2) is 6.07 Å². The monoisotopic (exact) mass is 206 g/mol. The molecule has 4 nitrogen and oxygen atoms in total. The van der Waals surface area contributed by atoms with E-state index in [4.69, 9.17) is 5.26 Å². The second-order valence-electron chi connectivity index (χ2n) is 3.77. The lowest BCUT2D eigenvalue weighted by Gasteiger charge is -2.17. The molecule has 0 bridgehead atoms. The molecular weight excluding hydrogens is 188 g/mol. The maximum atomic E-state index is 8.70. The average molecular weight is 206 g/mol. The van der Waals surface area contributed by atoms with Gasteiger partial charge in [-0.05, 0) is 26.0 Å². The van der Waals surface area contributed by atoms with Gasteiger partial charge in [-0.15, -0.1) is 0 Å². The molecule has 82 valence electrons. The Labute approximate surface area is 91.1 Å². The fourth-order valence-electron chi connectivity index (χ4n) is 1.67. The van der Waals surface area contributed by atoms with Gasteiger partial charge in [0.25, 0.3) is 0 Å². The van der Waals surface area contributed by atoms with E-state index in [1.807, 2.05) is 18.7 Å². The van der Waals surface area contributed by atoms with E-state index in [1.54, 1.807) is 0 Å². The van der Waals surface area contributed by atoms with E-state index in [2.05, 4.69) is 29.1 Å². The van der Waals surface area contributed by atoms with Gasteiger partial charge in [0.1, 0.15) is 0 Å². The van der Waals surface area contributed by atoms with Gasteiger partial charge in [0.15, 0.2) is 0 Å². The van der Waals surface area contributed by atoms with E-state index in [0.29, 0.717) is 6.54 Å². The summed E-state index contributed by atoms with van der Waals surface area (Å²) in [5.74, 6) is 0. The lowest BCUT2D eigenvalue weighted by molar-refractivity contribution is 0.290. The Kier molecular flexibility index (Phi) is 4.32. The van der Waals surface area contributed by atoms with Crippen LogP contribution < -0.4 is 0 Å². The fraction of sp³-hybridized carbons (Fsp3) is 0.636. The summed E-state index contributed by atoms with van der Waals surface area (Å²) in [4.78, 5) is 2.14. The Morgan fingerprint density at radius 1 is 1.60 bits per heavy atom. The van der Waals surface area contributed by atoms with Crippen molar-refractivity contribution >= 4 is 0 Å². The van der Waals surface area contributed by atoms with Crippen molar-refractivity contribution in [3.05, 3.63) is 17.5 Å². The van der Waals surface area contributed by atoms with Crippen molar-refractivity contribution in [1.29, 1.82) is 5.26 Å². The molecule has 1 heterocycles. The lowest BCUT2D eigenvalue weighted by atomic mass is 10.3. The number of nitriles is 1. The Bertz CT molecular complexity index is 348. The van der Waals surface area contributed by atoms with Crippen molar-refractivity contribution in [2.75, 3.05) is 13.1 Å². The van der Waals surface area contributed by atoms with Crippen LogP contribution in [-0.4, -0.2) is 27.8 Å². The van der Waals surface area contributed by atoms with E-state index in [-0.39, 0.29) is 0 Å². The predicted octanol–water partition coefficient (Wildman–Crippen LogP) is 1.46. The number of aromatic nitrogens is 2. The molecule has 0 radical (unpaired) electrons. The van der Waals surface area contributed by atoms with Crippen LogP contribution in [0.4, 0.5) is 0 Å². The topological polar surface area (TPSA) is 44.9 Å². The highest BCUT2D eigenvalue weighted by Crippen LogP contribution is 2.06. The van der Waals surface area contributed by atoms with Crippen LogP contribution in [0.2, 0.25) is 0 Å². The molecular formula is C11H18N4. The zero-order valence-electron chi connectivity index (χ0n) is 9.69. The van der Waals surface area contributed by atoms with Gasteiger partial charge in [-0.25, -0.2) is 0 Å². The van der Waals surface area contributed by atoms with Crippen LogP contribution in [0.3, 0.4) is 0 Å². The smallest absolute Gasteiger partial charge is 0.0869 e. The van der Waals surface area contributed by atoms with Crippen molar-refractivity contribution in [3.63, 3.8) is 0 Å². The summed E-state index contributed by atoms with van der Waals surface area (Å²) in [6, 6.07) is 4.26. The summed E-state index contributed by atoms with van der Waals surface area (Å²) < 4.78 is 1.88. The van der Waals surface area contributed by atoms with E-state index in [0.717, 1.165) is 30.9 Å². The fourth-order valence-corrected chi connectivity index (χ4v) is 1.67. The quantitative estimate of drug-likeness (QED) is 0.685. The van der Waals surface area contributed by atoms with E-state index in [9.17, 15) is 0 Å². The highest BCUT2D eigenvalue weighted by Gasteiger charge is 2.08. The zero-order chi connectivity index (χ0) is 11.3. The third-order valence-corrected chi connectivity index (χ3v) is 2.32. The Balaban J connectivity index is 2.65. The first-order valence-electron chi connectivity index (χ1n) is 5.26. The molecule has 4 heteroatoms. The molecule has 0 atom stereocenters. The molecule has 0 unspecified atom stereocenters. The number of hydrogen-bond acceptors (Lipinski definition) is 3. The summed E-state index contributed by atoms with van der Waals surface area (Å²) >= 11 is 0. The molecule has 0 N–H and O–H groups in total. The minimum atomic E-state index is 0.484. The molecule has 0 saturated carbocycles. The minimum Gasteiger partial charge on any atom is -0.285 e. The normalized spacial score (nSPS) is 10.6. The van der Waals surface area contributed by atoms with Crippen LogP contribution in [0.1, 0.15) is 24.7 Å². The first-order valence-corrected chi connectivity index (χ1v) is 5.26. The standard InChI is InChI=1S/C11H18N4/c1-4-6-15(7-5-12)9-11-8-10(2)13-14(11)3/h8H,4,6-7,9H2,1-3H3. The van der Waals surface area contributed by atoms with Crippen LogP contribution in [0.5, 0.6) is 0 Å². The van der Waals surface area contributed by atoms with E-state index < -0.39 is 0 Å². The van der Waals surface area contributed by atoms with Gasteiger partial charge in [-0.2, -0.15) is 10.4 Å². The molecule has 0 saturated heterocycles. The summed E-state index contributed by atoms with van der Waals surface area (Å²) in [6.45, 7) is 6.35. The van der Waals surface area contributed by atoms with Crippen molar-refractivity contribution in [1.82, 2.24) is 14.7 Å². The Morgan fingerprint density at radius 2 is 2.33 bits per heavy atom. The van der Waals surface area contributed by atoms with Crippen molar-refractivity contribution in [2.24, 2.45) is 7.05 Å². The van der Waals surface area contributed by atoms with Crippen LogP contribution in [0, 0.1) is 18.3 Å². The second-order valence-corrected chi connectivity index (χ2v) is 3.77. The highest BCUT2D eigenvalue weighted by atomic mass is 15.3. The van der Waals surface area contributed by atoms with Crippen molar-refractivity contribution in [2.45, 2.75) is 26.8 Å². The van der Waals surface area contributed by atoms with Crippen LogP contribution in [0.25, 0.3) is 0 Å². The molecule has 0 aromatic carbocycles. The third-order valence-electron chi connectivity index (χ3n) is 2.32. The van der Waals surface area contributed by atoms with Crippen LogP contribution in [-0.2, 0) is 13.6 Å². The number of nitrogens with zero attached hydrogens (tertiary/aromatic N) is 4. The van der Waals surface area contributed by atoms with Gasteiger partial charge < -0.3 is 0 Å². The zero-order valence-corrected chi connectivity index (χ0v) is 9.69. The molecule has 0 aliphatic carbocycles. The third kappa shape index (κ3) is 3.37. The first-order chi connectivity index (χ1) is 7.17. The summed E-state index contributed by atoms with van der Waals surface area (Å²) in [7, 11) is 1.94. The van der Waals surface area contributed by atoms with Gasteiger partial charge in [0, 0.05) is 13.6 Å². The number of rotatable bonds is 5. The van der Waals surface area contributed by atoms with Gasteiger partial charge >= 0.3 is 0 Å². The molecule has 1 aromatic heterocycles. The van der Waals surface area contributed by atoms with E-state index in [1.165, 1.54) is 0 Å². The van der Waals surface area contributed by atoms with Crippen LogP contribution >= 0.6 is 0 Å². The van der Waals surface area contributed by atoms with E-state index >= 15 is 0 Å². The maximum absolute atomic E-state index is 8.70. The van der Waals surface area contributed by atoms with Gasteiger partial charge in [0.05, 0.1) is 24.0 Å². The molecule has 1 aromatic rings. The molecule has 0 aliphatic heterocycles. The van der Waals surface area contributed by atoms with Crippen molar-refractivity contribution in [3.8, 4) is 6.07 Å². The minimum absolute atomic E-state index is 0.484. The highest BCUT2D eigenvalue weighted by molar-refractivity contribution is 5.08. The Morgan fingerprint density at radius 3 is 2.80 bits per heavy atom. The first kappa shape index (κ1) is 11.7. The summed E-state index contributed by atoms with van der Waals surface area (Å²) in [5, 5.41) is 13.0. The Hall–Kier alpha value is -1.34. The molecule has 15 heavy (non-hydrogen) atoms. The second kappa shape index (κ2) is 5.52. The largest absolute Gasteiger partial charge is 0.285 e. The van der Waals surface area contributed by atoms with Gasteiger partial charge in [0.2, 0.25) is 0 Å². The average Bonchev–Trinajstić information content (AvgIpc) is 2.46. The summed E-state index contributed by atoms with van der Waals surface area (Å²) in [6.07, 6.45) is 1.07. The molecule has 0 spiro atoms. The number of hydrogen-bond donors (Lipinski definition) is 0. The molecule has 0 aliphatic rings. The van der Waals surface area contributed by atoms with Crippen molar-refractivity contribution < 1.29 is 0 Å². The van der Waals surface area contributed by atoms with Gasteiger partial charge in [-0.3, -0.25) is 9.58 Å². The number of aryl methyl sites for hydroxylation is 2. The lowest BCUT2D eigenvalue weighted by Crippen LogP contribution is -2.25. The molecule has 1 rings (SSSR count). The predicted molar refractivity (Wildman–Crippen MR) is 59.1 cm³/mol. The maximum Gasteiger partial charge on any atom is 0.0869 e. The SMILES string of the molecule is CCCN(CC#N)Cc1cc(C)nn1C. The summed E-state index contributed by atoms with van der Waals surface area (Å²) in [5.41, 5.74) is 2.19. The molecule has 0 amide bonds. The van der Waals surface area contributed by atoms with Gasteiger partial charge in [-0.1, -0.05) is 6.92 Å².